The number of imide groups is 1. The fraction of sp³-hybridized carbons (Fsp3) is 0.276. The van der Waals surface area contributed by atoms with Crippen LogP contribution in [-0.4, -0.2) is 41.0 Å². The number of hydrogen-bond acceptors (Lipinski definition) is 4. The number of carbonyl (C=O) groups excluding carboxylic acids is 2. The van der Waals surface area contributed by atoms with E-state index in [0.717, 1.165) is 23.3 Å². The molecule has 1 saturated heterocycles. The molecule has 186 valence electrons. The first-order valence-electron chi connectivity index (χ1n) is 12.1. The van der Waals surface area contributed by atoms with Gasteiger partial charge in [-0.3, -0.25) is 4.79 Å². The van der Waals surface area contributed by atoms with Crippen LogP contribution >= 0.6 is 0 Å². The fourth-order valence-corrected chi connectivity index (χ4v) is 4.53. The Bertz CT molecular complexity index is 1230. The van der Waals surface area contributed by atoms with E-state index in [1.165, 1.54) is 29.8 Å². The van der Waals surface area contributed by atoms with Crippen molar-refractivity contribution in [3.63, 3.8) is 0 Å². The Hall–Kier alpha value is -3.97. The number of nitrogens with zero attached hydrogens (tertiary/aromatic N) is 2. The second kappa shape index (κ2) is 10.3. The third-order valence-corrected chi connectivity index (χ3v) is 6.61. The van der Waals surface area contributed by atoms with Crippen LogP contribution in [0.2, 0.25) is 0 Å². The van der Waals surface area contributed by atoms with E-state index >= 15 is 0 Å². The highest BCUT2D eigenvalue weighted by atomic mass is 16.4. The molecule has 0 aliphatic carbocycles. The van der Waals surface area contributed by atoms with Gasteiger partial charge in [-0.2, -0.15) is 0 Å². The van der Waals surface area contributed by atoms with Crippen molar-refractivity contribution in [2.24, 2.45) is 5.73 Å². The Labute approximate surface area is 211 Å². The molecule has 0 bridgehead atoms. The average Bonchev–Trinajstić information content (AvgIpc) is 2.89. The summed E-state index contributed by atoms with van der Waals surface area (Å²) in [5.41, 5.74) is 8.38. The Kier molecular flexibility index (Phi) is 7.22. The van der Waals surface area contributed by atoms with Crippen LogP contribution in [0.5, 0.6) is 0 Å². The molecule has 1 fully saturated rings. The number of rotatable bonds is 5. The lowest BCUT2D eigenvalue weighted by molar-refractivity contribution is 0.0696. The molecule has 1 heterocycles. The zero-order valence-corrected chi connectivity index (χ0v) is 20.6. The van der Waals surface area contributed by atoms with Gasteiger partial charge in [0.1, 0.15) is 0 Å². The fourth-order valence-electron chi connectivity index (χ4n) is 4.53. The summed E-state index contributed by atoms with van der Waals surface area (Å²) in [5.74, 6) is -1.37. The van der Waals surface area contributed by atoms with Gasteiger partial charge in [-0.1, -0.05) is 42.5 Å². The van der Waals surface area contributed by atoms with E-state index in [2.05, 4.69) is 12.1 Å². The summed E-state index contributed by atoms with van der Waals surface area (Å²) in [6, 6.07) is 22.3. The molecule has 0 aromatic heterocycles. The smallest absolute Gasteiger partial charge is 0.335 e. The van der Waals surface area contributed by atoms with Gasteiger partial charge < -0.3 is 15.7 Å². The Morgan fingerprint density at radius 3 is 2.11 bits per heavy atom. The van der Waals surface area contributed by atoms with Crippen LogP contribution in [0.25, 0.3) is 0 Å². The zero-order valence-electron chi connectivity index (χ0n) is 20.6. The van der Waals surface area contributed by atoms with E-state index in [-0.39, 0.29) is 11.5 Å². The number of urea groups is 1. The van der Waals surface area contributed by atoms with Gasteiger partial charge in [0.2, 0.25) is 0 Å². The number of carboxylic acid groups (broad SMARTS) is 1. The number of amides is 3. The van der Waals surface area contributed by atoms with Crippen LogP contribution < -0.4 is 10.6 Å². The van der Waals surface area contributed by atoms with E-state index < -0.39 is 23.4 Å². The maximum atomic E-state index is 13.8. The van der Waals surface area contributed by atoms with Gasteiger partial charge in [0.05, 0.1) is 11.3 Å². The van der Waals surface area contributed by atoms with Crippen molar-refractivity contribution < 1.29 is 19.5 Å². The summed E-state index contributed by atoms with van der Waals surface area (Å²) in [4.78, 5) is 41.7. The molecule has 7 nitrogen and oxygen atoms in total. The molecule has 3 aromatic carbocycles. The van der Waals surface area contributed by atoms with Crippen LogP contribution in [0.1, 0.15) is 64.4 Å². The number of carboxylic acids is 1. The number of piperidine rings is 1. The monoisotopic (exact) mass is 485 g/mol. The molecule has 4 rings (SSSR count). The van der Waals surface area contributed by atoms with E-state index in [9.17, 15) is 19.5 Å². The van der Waals surface area contributed by atoms with Crippen molar-refractivity contribution in [1.82, 2.24) is 4.90 Å². The molecule has 0 saturated carbocycles. The van der Waals surface area contributed by atoms with E-state index in [1.807, 2.05) is 32.0 Å². The maximum Gasteiger partial charge on any atom is 0.335 e. The first-order chi connectivity index (χ1) is 17.1. The third-order valence-electron chi connectivity index (χ3n) is 6.61. The normalized spacial score (nSPS) is 15.9. The van der Waals surface area contributed by atoms with Crippen molar-refractivity contribution in [1.29, 1.82) is 0 Å². The number of hydrogen-bond donors (Lipinski definition) is 2. The lowest BCUT2D eigenvalue weighted by Gasteiger charge is -2.36. The number of benzene rings is 3. The molecule has 1 aliphatic rings. The van der Waals surface area contributed by atoms with Crippen LogP contribution in [0, 0.1) is 0 Å². The Morgan fingerprint density at radius 1 is 0.917 bits per heavy atom. The molecule has 0 spiro atoms. The SMILES string of the molecule is CC(C)(N)c1ccc(C(=O)N(C(=O)N2CCCC(c3ccccc3)C2)c2ccc(C(=O)O)cc2)cc1. The maximum absolute atomic E-state index is 13.8. The topological polar surface area (TPSA) is 104 Å². The number of carbonyl (C=O) groups is 3. The molecule has 0 radical (unpaired) electrons. The van der Waals surface area contributed by atoms with Crippen molar-refractivity contribution in [2.45, 2.75) is 38.1 Å². The molecular formula is C29H31N3O4. The highest BCUT2D eigenvalue weighted by Gasteiger charge is 2.33. The predicted molar refractivity (Wildman–Crippen MR) is 139 cm³/mol. The number of likely N-dealkylation sites (tertiary alicyclic amines) is 1. The van der Waals surface area contributed by atoms with Gasteiger partial charge in [0, 0.05) is 30.1 Å². The quantitative estimate of drug-likeness (QED) is 0.515. The van der Waals surface area contributed by atoms with Crippen LogP contribution in [0.15, 0.2) is 78.9 Å². The van der Waals surface area contributed by atoms with Crippen molar-refractivity contribution in [2.75, 3.05) is 18.0 Å². The molecule has 3 aromatic rings. The molecule has 36 heavy (non-hydrogen) atoms. The minimum Gasteiger partial charge on any atom is -0.478 e. The largest absolute Gasteiger partial charge is 0.478 e. The number of nitrogens with two attached hydrogens (primary N) is 1. The van der Waals surface area contributed by atoms with Crippen molar-refractivity contribution in [3.05, 3.63) is 101 Å². The summed E-state index contributed by atoms with van der Waals surface area (Å²) >= 11 is 0. The minimum atomic E-state index is -1.08. The number of aromatic carboxylic acids is 1. The standard InChI is InChI=1S/C29H31N3O4/c1-29(2,30)24-14-10-21(11-15-24)26(33)32(25-16-12-22(13-17-25)27(34)35)28(36)31-18-6-9-23(19-31)20-7-4-3-5-8-20/h3-5,7-8,10-17,23H,6,9,18-19,30H2,1-2H3,(H,34,35). The van der Waals surface area contributed by atoms with Gasteiger partial charge in [-0.05, 0) is 74.2 Å². The Balaban J connectivity index is 1.66. The van der Waals surface area contributed by atoms with Gasteiger partial charge >= 0.3 is 12.0 Å². The molecule has 1 unspecified atom stereocenters. The van der Waals surface area contributed by atoms with E-state index in [0.29, 0.717) is 24.3 Å². The van der Waals surface area contributed by atoms with Gasteiger partial charge in [-0.15, -0.1) is 0 Å². The summed E-state index contributed by atoms with van der Waals surface area (Å²) in [6.45, 7) is 4.80. The van der Waals surface area contributed by atoms with E-state index in [1.54, 1.807) is 29.2 Å². The molecule has 7 heteroatoms. The number of anilines is 1. The zero-order chi connectivity index (χ0) is 25.9. The van der Waals surface area contributed by atoms with Crippen molar-refractivity contribution in [3.8, 4) is 0 Å². The van der Waals surface area contributed by atoms with Crippen LogP contribution in [0.3, 0.4) is 0 Å². The van der Waals surface area contributed by atoms with E-state index in [4.69, 9.17) is 5.73 Å². The summed E-state index contributed by atoms with van der Waals surface area (Å²) in [7, 11) is 0. The summed E-state index contributed by atoms with van der Waals surface area (Å²) in [6.07, 6.45) is 1.79. The van der Waals surface area contributed by atoms with Crippen molar-refractivity contribution >= 4 is 23.6 Å². The summed E-state index contributed by atoms with van der Waals surface area (Å²) < 4.78 is 0. The average molecular weight is 486 g/mol. The van der Waals surface area contributed by atoms with Crippen LogP contribution in [-0.2, 0) is 5.54 Å². The summed E-state index contributed by atoms with van der Waals surface area (Å²) in [5, 5.41) is 9.28. The highest BCUT2D eigenvalue weighted by Crippen LogP contribution is 2.29. The lowest BCUT2D eigenvalue weighted by Crippen LogP contribution is -2.49. The van der Waals surface area contributed by atoms with Gasteiger partial charge in [-0.25, -0.2) is 14.5 Å². The Morgan fingerprint density at radius 2 is 1.53 bits per heavy atom. The first kappa shape index (κ1) is 25.1. The molecule has 1 aliphatic heterocycles. The molecular weight excluding hydrogens is 454 g/mol. The van der Waals surface area contributed by atoms with Gasteiger partial charge in [0.25, 0.3) is 5.91 Å². The van der Waals surface area contributed by atoms with Gasteiger partial charge in [0.15, 0.2) is 0 Å². The third kappa shape index (κ3) is 5.47. The second-order valence-electron chi connectivity index (χ2n) is 9.77. The van der Waals surface area contributed by atoms with Crippen LogP contribution in [0.4, 0.5) is 10.5 Å². The molecule has 3 amide bonds. The lowest BCUT2D eigenvalue weighted by atomic mass is 9.91. The predicted octanol–water partition coefficient (Wildman–Crippen LogP) is 5.23. The second-order valence-corrected chi connectivity index (χ2v) is 9.77. The first-order valence-corrected chi connectivity index (χ1v) is 12.1. The molecule has 1 atom stereocenters. The highest BCUT2D eigenvalue weighted by molar-refractivity contribution is 6.20. The minimum absolute atomic E-state index is 0.0789. The molecule has 3 N–H and O–H groups in total.